The normalized spacial score (nSPS) is 17.2. The van der Waals surface area contributed by atoms with Gasteiger partial charge < -0.3 is 19.8 Å². The highest BCUT2D eigenvalue weighted by Crippen LogP contribution is 2.26. The number of rotatable bonds is 6. The number of morpholine rings is 1. The first kappa shape index (κ1) is 19.0. The van der Waals surface area contributed by atoms with E-state index < -0.39 is 0 Å². The summed E-state index contributed by atoms with van der Waals surface area (Å²) in [5.74, 6) is 1.40. The number of hydrogen-bond donors (Lipinski definition) is 2. The minimum Gasteiger partial charge on any atom is -0.489 e. The Bertz CT molecular complexity index is 1070. The van der Waals surface area contributed by atoms with Gasteiger partial charge >= 0.3 is 0 Å². The lowest BCUT2D eigenvalue weighted by Crippen LogP contribution is -2.38. The van der Waals surface area contributed by atoms with Crippen molar-refractivity contribution in [3.05, 3.63) is 47.8 Å². The molecule has 7 nitrogen and oxygen atoms in total. The summed E-state index contributed by atoms with van der Waals surface area (Å²) in [5.41, 5.74) is 3.43. The summed E-state index contributed by atoms with van der Waals surface area (Å²) in [7, 11) is 0. The van der Waals surface area contributed by atoms with Crippen LogP contribution in [0.5, 0.6) is 5.75 Å². The zero-order valence-corrected chi connectivity index (χ0v) is 16.7. The summed E-state index contributed by atoms with van der Waals surface area (Å²) in [6.45, 7) is 6.13. The quantitative estimate of drug-likeness (QED) is 0.654. The molecule has 2 N–H and O–H groups in total. The van der Waals surface area contributed by atoms with Crippen molar-refractivity contribution in [2.75, 3.05) is 52.5 Å². The maximum atomic E-state index is 14.6. The van der Waals surface area contributed by atoms with Crippen LogP contribution in [0.3, 0.4) is 0 Å². The molecule has 5 rings (SSSR count). The van der Waals surface area contributed by atoms with Gasteiger partial charge in [0.05, 0.1) is 30.8 Å². The van der Waals surface area contributed by atoms with Crippen LogP contribution < -0.4 is 10.1 Å². The van der Waals surface area contributed by atoms with E-state index >= 15 is 0 Å². The Kier molecular flexibility index (Phi) is 5.33. The zero-order chi connectivity index (χ0) is 20.3. The molecule has 3 aromatic rings. The highest BCUT2D eigenvalue weighted by Gasteiger charge is 2.14. The van der Waals surface area contributed by atoms with Crippen molar-refractivity contribution in [2.24, 2.45) is 4.99 Å². The first-order chi connectivity index (χ1) is 14.8. The van der Waals surface area contributed by atoms with E-state index in [0.717, 1.165) is 68.4 Å². The van der Waals surface area contributed by atoms with Crippen LogP contribution in [-0.4, -0.2) is 73.2 Å². The van der Waals surface area contributed by atoms with E-state index in [9.17, 15) is 4.39 Å². The van der Waals surface area contributed by atoms with Gasteiger partial charge in [0.25, 0.3) is 0 Å². The largest absolute Gasteiger partial charge is 0.489 e. The second kappa shape index (κ2) is 8.41. The van der Waals surface area contributed by atoms with Crippen LogP contribution in [0.1, 0.15) is 5.56 Å². The second-order valence-electron chi connectivity index (χ2n) is 7.42. The Morgan fingerprint density at radius 3 is 2.77 bits per heavy atom. The Morgan fingerprint density at radius 1 is 1.10 bits per heavy atom. The van der Waals surface area contributed by atoms with Gasteiger partial charge in [0.2, 0.25) is 0 Å². The fraction of sp³-hybridized carbons (Fsp3) is 0.364. The molecule has 0 unspecified atom stereocenters. The van der Waals surface area contributed by atoms with E-state index in [-0.39, 0.29) is 11.6 Å². The standard InChI is InChI=1S/C22H24FN5O2/c23-17-13-15(2-4-20(17)30-12-9-28-7-10-29-11-8-28)22-26-18-3-1-16(14-19(18)27-22)21-24-5-6-25-21/h1-4,13-14H,5-12H2,(H,24,25)(H,26,27). The molecule has 1 saturated heterocycles. The number of aliphatic imine (C=N–C) groups is 1. The number of amidine groups is 1. The Labute approximate surface area is 173 Å². The van der Waals surface area contributed by atoms with Crippen molar-refractivity contribution < 1.29 is 13.9 Å². The molecule has 0 radical (unpaired) electrons. The number of H-pyrrole nitrogens is 1. The van der Waals surface area contributed by atoms with E-state index in [4.69, 9.17) is 9.47 Å². The van der Waals surface area contributed by atoms with Crippen LogP contribution in [0, 0.1) is 5.82 Å². The molecule has 3 heterocycles. The van der Waals surface area contributed by atoms with Gasteiger partial charge in [0.15, 0.2) is 11.6 Å². The molecule has 0 aliphatic carbocycles. The van der Waals surface area contributed by atoms with Crippen LogP contribution in [0.15, 0.2) is 41.4 Å². The van der Waals surface area contributed by atoms with Crippen molar-refractivity contribution in [1.29, 1.82) is 0 Å². The van der Waals surface area contributed by atoms with Gasteiger partial charge in [-0.25, -0.2) is 9.37 Å². The highest BCUT2D eigenvalue weighted by atomic mass is 19.1. The molecule has 2 aliphatic heterocycles. The molecule has 0 saturated carbocycles. The summed E-state index contributed by atoms with van der Waals surface area (Å²) < 4.78 is 25.6. The molecule has 2 aliphatic rings. The number of nitrogens with one attached hydrogen (secondary N) is 2. The molecule has 0 atom stereocenters. The first-order valence-corrected chi connectivity index (χ1v) is 10.3. The molecule has 0 bridgehead atoms. The summed E-state index contributed by atoms with van der Waals surface area (Å²) in [6.07, 6.45) is 0. The molecule has 8 heteroatoms. The summed E-state index contributed by atoms with van der Waals surface area (Å²) in [5, 5.41) is 3.27. The molecular formula is C22H24FN5O2. The van der Waals surface area contributed by atoms with E-state index in [1.165, 1.54) is 6.07 Å². The number of imidazole rings is 1. The van der Waals surface area contributed by atoms with Crippen LogP contribution in [0.4, 0.5) is 4.39 Å². The lowest BCUT2D eigenvalue weighted by atomic mass is 10.2. The fourth-order valence-electron chi connectivity index (χ4n) is 3.76. The third-order valence-electron chi connectivity index (χ3n) is 5.40. The number of ether oxygens (including phenoxy) is 2. The van der Waals surface area contributed by atoms with Gasteiger partial charge in [-0.1, -0.05) is 0 Å². The third-order valence-corrected chi connectivity index (χ3v) is 5.40. The SMILES string of the molecule is Fc1cc(-c2nc3ccc(C4=NCCN4)cc3[nH]2)ccc1OCCN1CCOCC1. The topological polar surface area (TPSA) is 74.8 Å². The minimum absolute atomic E-state index is 0.260. The number of halogens is 1. The number of hydrogen-bond acceptors (Lipinski definition) is 6. The fourth-order valence-corrected chi connectivity index (χ4v) is 3.76. The van der Waals surface area contributed by atoms with Gasteiger partial charge in [0, 0.05) is 37.3 Å². The molecule has 2 aromatic carbocycles. The first-order valence-electron chi connectivity index (χ1n) is 10.3. The zero-order valence-electron chi connectivity index (χ0n) is 16.7. The predicted octanol–water partition coefficient (Wildman–Crippen LogP) is 2.43. The maximum Gasteiger partial charge on any atom is 0.165 e. The van der Waals surface area contributed by atoms with E-state index in [1.807, 2.05) is 24.3 Å². The van der Waals surface area contributed by atoms with Gasteiger partial charge in [-0.15, -0.1) is 0 Å². The van der Waals surface area contributed by atoms with Crippen LogP contribution >= 0.6 is 0 Å². The van der Waals surface area contributed by atoms with Crippen LogP contribution in [0.2, 0.25) is 0 Å². The number of aromatic amines is 1. The monoisotopic (exact) mass is 409 g/mol. The highest BCUT2D eigenvalue weighted by molar-refractivity contribution is 6.02. The van der Waals surface area contributed by atoms with Crippen LogP contribution in [-0.2, 0) is 4.74 Å². The molecule has 1 fully saturated rings. The number of benzene rings is 2. The summed E-state index contributed by atoms with van der Waals surface area (Å²) in [6, 6.07) is 10.9. The van der Waals surface area contributed by atoms with Gasteiger partial charge in [-0.3, -0.25) is 9.89 Å². The van der Waals surface area contributed by atoms with E-state index in [0.29, 0.717) is 18.0 Å². The third kappa shape index (κ3) is 4.01. The number of fused-ring (bicyclic) bond motifs is 1. The molecule has 1 aromatic heterocycles. The van der Waals surface area contributed by atoms with E-state index in [2.05, 4.69) is 25.2 Å². The van der Waals surface area contributed by atoms with Crippen molar-refractivity contribution in [3.63, 3.8) is 0 Å². The summed E-state index contributed by atoms with van der Waals surface area (Å²) in [4.78, 5) is 14.6. The maximum absolute atomic E-state index is 14.6. The van der Waals surface area contributed by atoms with Crippen molar-refractivity contribution in [2.45, 2.75) is 0 Å². The Hall–Kier alpha value is -2.97. The number of aromatic nitrogens is 2. The average Bonchev–Trinajstić information content (AvgIpc) is 3.45. The Morgan fingerprint density at radius 2 is 1.97 bits per heavy atom. The van der Waals surface area contributed by atoms with Crippen molar-refractivity contribution >= 4 is 16.9 Å². The predicted molar refractivity (Wildman–Crippen MR) is 114 cm³/mol. The lowest BCUT2D eigenvalue weighted by Gasteiger charge is -2.26. The molecule has 30 heavy (non-hydrogen) atoms. The Balaban J connectivity index is 1.29. The van der Waals surface area contributed by atoms with Gasteiger partial charge in [0.1, 0.15) is 18.3 Å². The summed E-state index contributed by atoms with van der Waals surface area (Å²) >= 11 is 0. The van der Waals surface area contributed by atoms with E-state index in [1.54, 1.807) is 6.07 Å². The molecular weight excluding hydrogens is 385 g/mol. The van der Waals surface area contributed by atoms with Crippen molar-refractivity contribution in [3.8, 4) is 17.1 Å². The molecule has 0 amide bonds. The van der Waals surface area contributed by atoms with Gasteiger partial charge in [-0.05, 0) is 36.4 Å². The minimum atomic E-state index is -0.389. The molecule has 156 valence electrons. The number of nitrogens with zero attached hydrogens (tertiary/aromatic N) is 3. The van der Waals surface area contributed by atoms with Gasteiger partial charge in [-0.2, -0.15) is 0 Å². The van der Waals surface area contributed by atoms with Crippen LogP contribution in [0.25, 0.3) is 22.4 Å². The molecule has 0 spiro atoms. The second-order valence-corrected chi connectivity index (χ2v) is 7.42. The smallest absolute Gasteiger partial charge is 0.165 e. The lowest BCUT2D eigenvalue weighted by molar-refractivity contribution is 0.0320. The van der Waals surface area contributed by atoms with Crippen molar-refractivity contribution in [1.82, 2.24) is 20.2 Å². The average molecular weight is 409 g/mol.